The lowest BCUT2D eigenvalue weighted by Gasteiger charge is -2.24. The molecular formula is C9H15N3O4. The summed E-state index contributed by atoms with van der Waals surface area (Å²) in [4.78, 5) is 33.1. The molecule has 0 bridgehead atoms. The van der Waals surface area contributed by atoms with Crippen molar-refractivity contribution in [2.45, 2.75) is 25.4 Å². The second kappa shape index (κ2) is 5.45. The third-order valence-electron chi connectivity index (χ3n) is 2.35. The predicted octanol–water partition coefficient (Wildman–Crippen LogP) is -1.95. The molecule has 1 rings (SSSR count). The fraction of sp³-hybridized carbons (Fsp3) is 0.667. The molecule has 0 aromatic rings. The highest BCUT2D eigenvalue weighted by atomic mass is 16.4. The Kier molecular flexibility index (Phi) is 4.24. The largest absolute Gasteiger partial charge is 0.480 e. The molecule has 1 aliphatic rings. The van der Waals surface area contributed by atoms with E-state index in [4.69, 9.17) is 5.11 Å². The fourth-order valence-electron chi connectivity index (χ4n) is 1.36. The Morgan fingerprint density at radius 1 is 1.62 bits per heavy atom. The third-order valence-corrected chi connectivity index (χ3v) is 2.35. The van der Waals surface area contributed by atoms with Gasteiger partial charge >= 0.3 is 5.97 Å². The van der Waals surface area contributed by atoms with Gasteiger partial charge in [-0.1, -0.05) is 6.92 Å². The molecule has 1 saturated heterocycles. The number of hydrogen-bond donors (Lipinski definition) is 4. The zero-order valence-corrected chi connectivity index (χ0v) is 8.95. The number of rotatable bonds is 4. The van der Waals surface area contributed by atoms with Crippen LogP contribution in [0.15, 0.2) is 0 Å². The molecule has 0 aromatic heterocycles. The Labute approximate surface area is 92.6 Å². The van der Waals surface area contributed by atoms with Gasteiger partial charge in [0.2, 0.25) is 11.8 Å². The highest BCUT2D eigenvalue weighted by molar-refractivity contribution is 5.89. The molecule has 0 aromatic carbocycles. The molecular weight excluding hydrogens is 214 g/mol. The van der Waals surface area contributed by atoms with E-state index < -0.39 is 24.0 Å². The van der Waals surface area contributed by atoms with Crippen molar-refractivity contribution < 1.29 is 19.5 Å². The lowest BCUT2D eigenvalue weighted by molar-refractivity contribution is -0.142. The molecule has 4 N–H and O–H groups in total. The molecule has 1 aliphatic heterocycles. The Morgan fingerprint density at radius 3 is 2.75 bits per heavy atom. The molecule has 0 spiro atoms. The summed E-state index contributed by atoms with van der Waals surface area (Å²) < 4.78 is 0. The summed E-state index contributed by atoms with van der Waals surface area (Å²) in [5, 5.41) is 16.4. The monoisotopic (exact) mass is 229 g/mol. The zero-order chi connectivity index (χ0) is 12.1. The molecule has 0 saturated carbocycles. The van der Waals surface area contributed by atoms with Gasteiger partial charge in [0.15, 0.2) is 0 Å². The summed E-state index contributed by atoms with van der Waals surface area (Å²) in [7, 11) is 0. The molecule has 0 radical (unpaired) electrons. The van der Waals surface area contributed by atoms with Crippen molar-refractivity contribution in [2.75, 3.05) is 13.1 Å². The molecule has 2 amide bonds. The van der Waals surface area contributed by atoms with Gasteiger partial charge in [0.25, 0.3) is 0 Å². The molecule has 2 atom stereocenters. The van der Waals surface area contributed by atoms with Crippen LogP contribution in [0.25, 0.3) is 0 Å². The van der Waals surface area contributed by atoms with Gasteiger partial charge in [0, 0.05) is 6.54 Å². The van der Waals surface area contributed by atoms with E-state index in [2.05, 4.69) is 16.0 Å². The molecule has 16 heavy (non-hydrogen) atoms. The van der Waals surface area contributed by atoms with Gasteiger partial charge in [-0.25, -0.2) is 4.79 Å². The first-order valence-electron chi connectivity index (χ1n) is 5.07. The average Bonchev–Trinajstić information content (AvgIpc) is 2.26. The van der Waals surface area contributed by atoms with Crippen LogP contribution in [0.1, 0.15) is 13.3 Å². The topological polar surface area (TPSA) is 108 Å². The second-order valence-electron chi connectivity index (χ2n) is 3.55. The van der Waals surface area contributed by atoms with Crippen LogP contribution in [0.4, 0.5) is 0 Å². The number of carbonyl (C=O) groups excluding carboxylic acids is 2. The molecule has 1 fully saturated rings. The molecule has 0 aliphatic carbocycles. The van der Waals surface area contributed by atoms with E-state index in [1.165, 1.54) is 0 Å². The summed E-state index contributed by atoms with van der Waals surface area (Å²) in [6.07, 6.45) is 0.320. The lowest BCUT2D eigenvalue weighted by atomic mass is 10.1. The number of carboxylic acid groups (broad SMARTS) is 1. The van der Waals surface area contributed by atoms with E-state index >= 15 is 0 Å². The van der Waals surface area contributed by atoms with Crippen LogP contribution in [-0.4, -0.2) is 48.1 Å². The summed E-state index contributed by atoms with van der Waals surface area (Å²) in [6.45, 7) is 1.93. The predicted molar refractivity (Wildman–Crippen MR) is 54.7 cm³/mol. The smallest absolute Gasteiger partial charge is 0.326 e. The maximum Gasteiger partial charge on any atom is 0.326 e. The van der Waals surface area contributed by atoms with Gasteiger partial charge in [-0.2, -0.15) is 0 Å². The van der Waals surface area contributed by atoms with E-state index in [0.717, 1.165) is 0 Å². The van der Waals surface area contributed by atoms with Gasteiger partial charge in [0.1, 0.15) is 12.1 Å². The van der Waals surface area contributed by atoms with E-state index in [0.29, 0.717) is 6.42 Å². The Morgan fingerprint density at radius 2 is 2.31 bits per heavy atom. The maximum absolute atomic E-state index is 11.6. The molecule has 7 heteroatoms. The van der Waals surface area contributed by atoms with Crippen LogP contribution in [-0.2, 0) is 14.4 Å². The summed E-state index contributed by atoms with van der Waals surface area (Å²) in [5.74, 6) is -1.64. The van der Waals surface area contributed by atoms with Gasteiger partial charge in [-0.15, -0.1) is 0 Å². The van der Waals surface area contributed by atoms with Crippen molar-refractivity contribution in [1.29, 1.82) is 0 Å². The number of piperazine rings is 1. The van der Waals surface area contributed by atoms with Crippen LogP contribution >= 0.6 is 0 Å². The van der Waals surface area contributed by atoms with Crippen molar-refractivity contribution in [3.05, 3.63) is 0 Å². The van der Waals surface area contributed by atoms with Gasteiger partial charge in [-0.05, 0) is 6.42 Å². The number of aliphatic carboxylic acids is 1. The van der Waals surface area contributed by atoms with Gasteiger partial charge in [-0.3, -0.25) is 14.9 Å². The van der Waals surface area contributed by atoms with Crippen LogP contribution in [0.3, 0.4) is 0 Å². The SMILES string of the molecule is CC[C@H](NC(=O)C1CNC(=O)CN1)C(=O)O. The first-order chi connectivity index (χ1) is 7.54. The van der Waals surface area contributed by atoms with Crippen LogP contribution in [0, 0.1) is 0 Å². The van der Waals surface area contributed by atoms with E-state index in [9.17, 15) is 14.4 Å². The number of nitrogens with one attached hydrogen (secondary N) is 3. The minimum atomic E-state index is -1.06. The van der Waals surface area contributed by atoms with Crippen LogP contribution in [0.2, 0.25) is 0 Å². The highest BCUT2D eigenvalue weighted by Gasteiger charge is 2.26. The summed E-state index contributed by atoms with van der Waals surface area (Å²) >= 11 is 0. The summed E-state index contributed by atoms with van der Waals surface area (Å²) in [5.41, 5.74) is 0. The Balaban J connectivity index is 2.45. The quantitative estimate of drug-likeness (QED) is 0.448. The molecule has 1 unspecified atom stereocenters. The number of amides is 2. The molecule has 1 heterocycles. The zero-order valence-electron chi connectivity index (χ0n) is 8.95. The average molecular weight is 229 g/mol. The van der Waals surface area contributed by atoms with Crippen LogP contribution < -0.4 is 16.0 Å². The number of carboxylic acids is 1. The van der Waals surface area contributed by atoms with Gasteiger partial charge in [0.05, 0.1) is 6.54 Å². The van der Waals surface area contributed by atoms with Crippen molar-refractivity contribution in [3.63, 3.8) is 0 Å². The van der Waals surface area contributed by atoms with Crippen molar-refractivity contribution in [3.8, 4) is 0 Å². The van der Waals surface area contributed by atoms with Crippen molar-refractivity contribution >= 4 is 17.8 Å². The molecule has 90 valence electrons. The highest BCUT2D eigenvalue weighted by Crippen LogP contribution is 1.94. The maximum atomic E-state index is 11.6. The third kappa shape index (κ3) is 3.20. The summed E-state index contributed by atoms with van der Waals surface area (Å²) in [6, 6.07) is -1.45. The number of carbonyl (C=O) groups is 3. The van der Waals surface area contributed by atoms with E-state index in [1.54, 1.807) is 6.92 Å². The lowest BCUT2D eigenvalue weighted by Crippen LogP contribution is -2.59. The Bertz CT molecular complexity index is 295. The van der Waals surface area contributed by atoms with Crippen LogP contribution in [0.5, 0.6) is 0 Å². The van der Waals surface area contributed by atoms with E-state index in [-0.39, 0.29) is 19.0 Å². The normalized spacial score (nSPS) is 22.1. The van der Waals surface area contributed by atoms with Crippen molar-refractivity contribution in [2.24, 2.45) is 0 Å². The van der Waals surface area contributed by atoms with Gasteiger partial charge < -0.3 is 15.7 Å². The van der Waals surface area contributed by atoms with E-state index in [1.807, 2.05) is 0 Å². The van der Waals surface area contributed by atoms with Crippen molar-refractivity contribution in [1.82, 2.24) is 16.0 Å². The number of hydrogen-bond acceptors (Lipinski definition) is 4. The minimum Gasteiger partial charge on any atom is -0.480 e. The first-order valence-corrected chi connectivity index (χ1v) is 5.07. The second-order valence-corrected chi connectivity index (χ2v) is 3.55. The standard InChI is InChI=1S/C9H15N3O4/c1-2-5(9(15)16)12-8(14)6-3-11-7(13)4-10-6/h5-6,10H,2-4H2,1H3,(H,11,13)(H,12,14)(H,15,16)/t5-,6?/m0/s1. The first kappa shape index (κ1) is 12.4. The fourth-order valence-corrected chi connectivity index (χ4v) is 1.36. The molecule has 7 nitrogen and oxygen atoms in total. The Hall–Kier alpha value is -1.63. The minimum absolute atomic E-state index is 0.0714.